The maximum Gasteiger partial charge on any atom is 0.260 e. The first-order valence-corrected chi connectivity index (χ1v) is 6.97. The zero-order chi connectivity index (χ0) is 15.2. The van der Waals surface area contributed by atoms with Crippen LogP contribution in [0.5, 0.6) is 5.75 Å². The average molecular weight is 296 g/mol. The summed E-state index contributed by atoms with van der Waals surface area (Å²) in [6.07, 6.45) is 0.00570. The molecule has 1 aromatic carbocycles. The average Bonchev–Trinajstić information content (AvgIpc) is 2.46. The van der Waals surface area contributed by atoms with E-state index in [0.717, 1.165) is 13.1 Å². The second-order valence-electron chi connectivity index (χ2n) is 5.25. The van der Waals surface area contributed by atoms with Gasteiger partial charge in [-0.3, -0.25) is 4.79 Å². The lowest BCUT2D eigenvalue weighted by molar-refractivity contribution is -0.135. The highest BCUT2D eigenvalue weighted by Gasteiger charge is 2.21. The van der Waals surface area contributed by atoms with Crippen LogP contribution in [-0.4, -0.2) is 68.8 Å². The number of amides is 1. The molecule has 1 fully saturated rings. The Morgan fingerprint density at radius 2 is 2.29 bits per heavy atom. The van der Waals surface area contributed by atoms with Gasteiger partial charge in [-0.05, 0) is 19.2 Å². The van der Waals surface area contributed by atoms with Gasteiger partial charge in [0.15, 0.2) is 18.2 Å². The third kappa shape index (κ3) is 4.68. The maximum atomic E-state index is 13.4. The summed E-state index contributed by atoms with van der Waals surface area (Å²) < 4.78 is 24.2. The third-order valence-electron chi connectivity index (χ3n) is 3.43. The number of carbonyl (C=O) groups is 1. The van der Waals surface area contributed by atoms with Crippen molar-refractivity contribution in [3.63, 3.8) is 0 Å². The molecule has 21 heavy (non-hydrogen) atoms. The van der Waals surface area contributed by atoms with E-state index in [0.29, 0.717) is 13.2 Å². The lowest BCUT2D eigenvalue weighted by atomic mass is 10.2. The summed E-state index contributed by atoms with van der Waals surface area (Å²) in [6.45, 7) is 2.70. The van der Waals surface area contributed by atoms with E-state index in [4.69, 9.17) is 9.47 Å². The van der Waals surface area contributed by atoms with E-state index in [-0.39, 0.29) is 24.4 Å². The van der Waals surface area contributed by atoms with Gasteiger partial charge >= 0.3 is 0 Å². The van der Waals surface area contributed by atoms with E-state index in [2.05, 4.69) is 4.90 Å². The summed E-state index contributed by atoms with van der Waals surface area (Å²) in [4.78, 5) is 15.7. The third-order valence-corrected chi connectivity index (χ3v) is 3.43. The summed E-state index contributed by atoms with van der Waals surface area (Å²) in [5.41, 5.74) is 0. The molecule has 5 nitrogen and oxygen atoms in total. The molecule has 116 valence electrons. The molecule has 1 aliphatic heterocycles. The van der Waals surface area contributed by atoms with Crippen molar-refractivity contribution in [3.05, 3.63) is 30.1 Å². The smallest absolute Gasteiger partial charge is 0.260 e. The van der Waals surface area contributed by atoms with Gasteiger partial charge < -0.3 is 19.3 Å². The van der Waals surface area contributed by atoms with Gasteiger partial charge in [-0.2, -0.15) is 0 Å². The van der Waals surface area contributed by atoms with Gasteiger partial charge in [0.2, 0.25) is 0 Å². The van der Waals surface area contributed by atoms with Gasteiger partial charge in [-0.15, -0.1) is 0 Å². The maximum absolute atomic E-state index is 13.4. The van der Waals surface area contributed by atoms with Gasteiger partial charge in [0.25, 0.3) is 5.91 Å². The molecule has 1 amide bonds. The van der Waals surface area contributed by atoms with Crippen LogP contribution in [0.25, 0.3) is 0 Å². The summed E-state index contributed by atoms with van der Waals surface area (Å²) in [5.74, 6) is -0.576. The van der Waals surface area contributed by atoms with E-state index in [1.807, 2.05) is 7.05 Å². The standard InChI is InChI=1S/C15H21FN2O3/c1-17-7-8-20-12(9-17)10-18(2)15(19)11-21-14-6-4-3-5-13(14)16/h3-6,12H,7-11H2,1-2H3. The number of para-hydroxylation sites is 1. The number of carbonyl (C=O) groups excluding carboxylic acids is 1. The first-order chi connectivity index (χ1) is 10.1. The van der Waals surface area contributed by atoms with E-state index in [1.54, 1.807) is 24.1 Å². The van der Waals surface area contributed by atoms with Crippen LogP contribution in [-0.2, 0) is 9.53 Å². The first-order valence-electron chi connectivity index (χ1n) is 6.97. The van der Waals surface area contributed by atoms with Crippen molar-refractivity contribution in [1.82, 2.24) is 9.80 Å². The van der Waals surface area contributed by atoms with Crippen molar-refractivity contribution in [2.75, 3.05) is 46.9 Å². The number of hydrogen-bond donors (Lipinski definition) is 0. The van der Waals surface area contributed by atoms with Crippen LogP contribution in [0.3, 0.4) is 0 Å². The molecule has 6 heteroatoms. The fourth-order valence-electron chi connectivity index (χ4n) is 2.20. The Hall–Kier alpha value is -1.66. The quantitative estimate of drug-likeness (QED) is 0.813. The minimum Gasteiger partial charge on any atom is -0.481 e. The second-order valence-corrected chi connectivity index (χ2v) is 5.25. The molecular weight excluding hydrogens is 275 g/mol. The van der Waals surface area contributed by atoms with Crippen molar-refractivity contribution >= 4 is 5.91 Å². The zero-order valence-electron chi connectivity index (χ0n) is 12.4. The molecule has 1 heterocycles. The Kier molecular flexibility index (Phi) is 5.52. The molecule has 0 radical (unpaired) electrons. The number of halogens is 1. The Bertz CT molecular complexity index is 484. The highest BCUT2D eigenvalue weighted by atomic mass is 19.1. The molecule has 1 aliphatic rings. The highest BCUT2D eigenvalue weighted by molar-refractivity contribution is 5.77. The summed E-state index contributed by atoms with van der Waals surface area (Å²) in [6, 6.07) is 6.04. The van der Waals surface area contributed by atoms with Crippen LogP contribution in [0, 0.1) is 5.82 Å². The largest absolute Gasteiger partial charge is 0.481 e. The molecule has 0 aliphatic carbocycles. The van der Waals surface area contributed by atoms with Gasteiger partial charge in [-0.25, -0.2) is 4.39 Å². The number of ether oxygens (including phenoxy) is 2. The minimum absolute atomic E-state index is 0.00570. The van der Waals surface area contributed by atoms with Crippen LogP contribution < -0.4 is 4.74 Å². The highest BCUT2D eigenvalue weighted by Crippen LogP contribution is 2.15. The monoisotopic (exact) mass is 296 g/mol. The van der Waals surface area contributed by atoms with Gasteiger partial charge in [-0.1, -0.05) is 12.1 Å². The number of hydrogen-bond acceptors (Lipinski definition) is 4. The van der Waals surface area contributed by atoms with Crippen LogP contribution in [0.15, 0.2) is 24.3 Å². The van der Waals surface area contributed by atoms with Crippen molar-refractivity contribution < 1.29 is 18.7 Å². The Morgan fingerprint density at radius 3 is 3.00 bits per heavy atom. The predicted molar refractivity (Wildman–Crippen MR) is 76.8 cm³/mol. The lowest BCUT2D eigenvalue weighted by Crippen LogP contribution is -2.47. The van der Waals surface area contributed by atoms with Crippen LogP contribution in [0.2, 0.25) is 0 Å². The molecule has 2 rings (SSSR count). The first kappa shape index (κ1) is 15.7. The van der Waals surface area contributed by atoms with Gasteiger partial charge in [0.1, 0.15) is 0 Å². The van der Waals surface area contributed by atoms with E-state index in [1.165, 1.54) is 12.1 Å². The van der Waals surface area contributed by atoms with Crippen LogP contribution >= 0.6 is 0 Å². The molecule has 0 N–H and O–H groups in total. The normalized spacial score (nSPS) is 19.3. The Morgan fingerprint density at radius 1 is 1.52 bits per heavy atom. The SMILES string of the molecule is CN1CCOC(CN(C)C(=O)COc2ccccc2F)C1. The topological polar surface area (TPSA) is 42.0 Å². The van der Waals surface area contributed by atoms with E-state index < -0.39 is 5.82 Å². The molecule has 0 aromatic heterocycles. The predicted octanol–water partition coefficient (Wildman–Crippen LogP) is 0.993. The van der Waals surface area contributed by atoms with E-state index in [9.17, 15) is 9.18 Å². The van der Waals surface area contributed by atoms with Crippen molar-refractivity contribution in [2.45, 2.75) is 6.10 Å². The minimum atomic E-state index is -0.467. The fourth-order valence-corrected chi connectivity index (χ4v) is 2.20. The van der Waals surface area contributed by atoms with Crippen molar-refractivity contribution in [2.24, 2.45) is 0 Å². The molecule has 0 spiro atoms. The lowest BCUT2D eigenvalue weighted by Gasteiger charge is -2.32. The van der Waals surface area contributed by atoms with Crippen LogP contribution in [0.1, 0.15) is 0 Å². The number of rotatable bonds is 5. The second kappa shape index (κ2) is 7.38. The molecule has 1 atom stereocenters. The summed E-state index contributed by atoms with van der Waals surface area (Å²) >= 11 is 0. The number of likely N-dealkylation sites (N-methyl/N-ethyl adjacent to an activating group) is 2. The fraction of sp³-hybridized carbons (Fsp3) is 0.533. The molecule has 1 aromatic rings. The Balaban J connectivity index is 1.78. The summed E-state index contributed by atoms with van der Waals surface area (Å²) in [5, 5.41) is 0. The molecule has 1 unspecified atom stereocenters. The molecule has 0 bridgehead atoms. The molecule has 0 saturated carbocycles. The number of nitrogens with zero attached hydrogens (tertiary/aromatic N) is 2. The van der Waals surface area contributed by atoms with Gasteiger partial charge in [0, 0.05) is 26.7 Å². The van der Waals surface area contributed by atoms with Crippen molar-refractivity contribution in [3.8, 4) is 5.75 Å². The molecular formula is C15H21FN2O3. The van der Waals surface area contributed by atoms with Gasteiger partial charge in [0.05, 0.1) is 12.7 Å². The van der Waals surface area contributed by atoms with Crippen molar-refractivity contribution in [1.29, 1.82) is 0 Å². The molecule has 1 saturated heterocycles. The number of benzene rings is 1. The Labute approximate surface area is 124 Å². The van der Waals surface area contributed by atoms with Crippen LogP contribution in [0.4, 0.5) is 4.39 Å². The number of morpholine rings is 1. The zero-order valence-corrected chi connectivity index (χ0v) is 12.4. The van der Waals surface area contributed by atoms with E-state index >= 15 is 0 Å². The summed E-state index contributed by atoms with van der Waals surface area (Å²) in [7, 11) is 3.73.